The van der Waals surface area contributed by atoms with E-state index < -0.39 is 5.54 Å². The van der Waals surface area contributed by atoms with Gasteiger partial charge in [0.05, 0.1) is 0 Å². The van der Waals surface area contributed by atoms with Crippen LogP contribution in [-0.2, 0) is 5.54 Å². The Morgan fingerprint density at radius 1 is 1.21 bits per heavy atom. The maximum atomic E-state index is 13.3. The van der Waals surface area contributed by atoms with E-state index in [9.17, 15) is 4.39 Å². The van der Waals surface area contributed by atoms with Crippen molar-refractivity contribution in [3.8, 4) is 0 Å². The summed E-state index contributed by atoms with van der Waals surface area (Å²) in [4.78, 5) is 0. The van der Waals surface area contributed by atoms with Crippen LogP contribution in [0.1, 0.15) is 44.7 Å². The van der Waals surface area contributed by atoms with E-state index in [-0.39, 0.29) is 5.82 Å². The lowest BCUT2D eigenvalue weighted by atomic mass is 9.91. The van der Waals surface area contributed by atoms with Gasteiger partial charge in [0.15, 0.2) is 0 Å². The fourth-order valence-electron chi connectivity index (χ4n) is 1.32. The van der Waals surface area contributed by atoms with Gasteiger partial charge in [0, 0.05) is 5.54 Å². The van der Waals surface area contributed by atoms with Crippen LogP contribution < -0.4 is 5.73 Å². The van der Waals surface area contributed by atoms with Crippen LogP contribution >= 0.6 is 0 Å². The van der Waals surface area contributed by atoms with Crippen molar-refractivity contribution in [2.24, 2.45) is 5.73 Å². The molecule has 0 amide bonds. The van der Waals surface area contributed by atoms with Gasteiger partial charge in [0.2, 0.25) is 0 Å². The van der Waals surface area contributed by atoms with Crippen LogP contribution in [-0.4, -0.2) is 0 Å². The molecule has 0 aliphatic rings. The van der Waals surface area contributed by atoms with Gasteiger partial charge >= 0.3 is 0 Å². The van der Waals surface area contributed by atoms with E-state index in [2.05, 4.69) is 0 Å². The minimum Gasteiger partial charge on any atom is -0.322 e. The van der Waals surface area contributed by atoms with Gasteiger partial charge in [-0.1, -0.05) is 19.9 Å². The summed E-state index contributed by atoms with van der Waals surface area (Å²) < 4.78 is 13.3. The predicted octanol–water partition coefficient (Wildman–Crippen LogP) is 3.14. The van der Waals surface area contributed by atoms with E-state index in [1.165, 1.54) is 6.07 Å². The molecule has 0 saturated heterocycles. The third-order valence-corrected chi connectivity index (χ3v) is 2.33. The number of hydrogen-bond donors (Lipinski definition) is 1. The molecule has 0 saturated carbocycles. The second-order valence-corrected chi connectivity index (χ2v) is 4.65. The molecule has 0 unspecified atom stereocenters. The Labute approximate surface area is 85.1 Å². The van der Waals surface area contributed by atoms with Crippen molar-refractivity contribution < 1.29 is 4.39 Å². The van der Waals surface area contributed by atoms with Crippen LogP contribution in [0.25, 0.3) is 0 Å². The molecule has 1 rings (SSSR count). The molecule has 1 nitrogen and oxygen atoms in total. The largest absolute Gasteiger partial charge is 0.322 e. The van der Waals surface area contributed by atoms with Crippen molar-refractivity contribution in [1.82, 2.24) is 0 Å². The summed E-state index contributed by atoms with van der Waals surface area (Å²) >= 11 is 0. The van der Waals surface area contributed by atoms with Gasteiger partial charge in [0.1, 0.15) is 5.82 Å². The molecule has 0 aliphatic carbocycles. The molecule has 1 aromatic carbocycles. The van der Waals surface area contributed by atoms with Crippen LogP contribution in [0.3, 0.4) is 0 Å². The molecule has 0 atom stereocenters. The SMILES string of the molecule is CC(C)c1cc(F)cc(C(C)(C)N)c1. The van der Waals surface area contributed by atoms with Gasteiger partial charge in [-0.2, -0.15) is 0 Å². The summed E-state index contributed by atoms with van der Waals surface area (Å²) in [6.45, 7) is 7.85. The first-order valence-corrected chi connectivity index (χ1v) is 4.90. The number of halogens is 1. The van der Waals surface area contributed by atoms with Gasteiger partial charge in [-0.05, 0) is 43.0 Å². The zero-order chi connectivity index (χ0) is 10.9. The van der Waals surface area contributed by atoms with Gasteiger partial charge in [0.25, 0.3) is 0 Å². The average Bonchev–Trinajstić information content (AvgIpc) is 2.01. The molecule has 0 fully saturated rings. The monoisotopic (exact) mass is 195 g/mol. The lowest BCUT2D eigenvalue weighted by Gasteiger charge is -2.21. The van der Waals surface area contributed by atoms with Gasteiger partial charge in [-0.25, -0.2) is 4.39 Å². The highest BCUT2D eigenvalue weighted by Crippen LogP contribution is 2.23. The first-order valence-electron chi connectivity index (χ1n) is 4.90. The highest BCUT2D eigenvalue weighted by Gasteiger charge is 2.16. The van der Waals surface area contributed by atoms with Crippen molar-refractivity contribution in [3.05, 3.63) is 35.1 Å². The van der Waals surface area contributed by atoms with E-state index in [1.807, 2.05) is 33.8 Å². The smallest absolute Gasteiger partial charge is 0.123 e. The Morgan fingerprint density at radius 2 is 1.79 bits per heavy atom. The van der Waals surface area contributed by atoms with E-state index in [1.54, 1.807) is 6.07 Å². The van der Waals surface area contributed by atoms with Crippen LogP contribution in [0.2, 0.25) is 0 Å². The zero-order valence-corrected chi connectivity index (χ0v) is 9.26. The molecule has 14 heavy (non-hydrogen) atoms. The second-order valence-electron chi connectivity index (χ2n) is 4.65. The number of hydrogen-bond acceptors (Lipinski definition) is 1. The van der Waals surface area contributed by atoms with Crippen LogP contribution in [0, 0.1) is 5.82 Å². The molecule has 2 heteroatoms. The van der Waals surface area contributed by atoms with Crippen molar-refractivity contribution in [2.75, 3.05) is 0 Å². The highest BCUT2D eigenvalue weighted by atomic mass is 19.1. The molecule has 0 radical (unpaired) electrons. The Morgan fingerprint density at radius 3 is 2.21 bits per heavy atom. The predicted molar refractivity (Wildman–Crippen MR) is 57.7 cm³/mol. The maximum absolute atomic E-state index is 13.3. The molecule has 0 heterocycles. The normalized spacial score (nSPS) is 12.2. The minimum atomic E-state index is -0.480. The molecular weight excluding hydrogens is 177 g/mol. The quantitative estimate of drug-likeness (QED) is 0.770. The Hall–Kier alpha value is -0.890. The first-order chi connectivity index (χ1) is 6.30. The van der Waals surface area contributed by atoms with E-state index in [0.717, 1.165) is 11.1 Å². The number of rotatable bonds is 2. The molecule has 1 aromatic rings. The third kappa shape index (κ3) is 2.55. The number of nitrogens with two attached hydrogens (primary N) is 1. The van der Waals surface area contributed by atoms with Gasteiger partial charge < -0.3 is 5.73 Å². The van der Waals surface area contributed by atoms with Gasteiger partial charge in [-0.3, -0.25) is 0 Å². The minimum absolute atomic E-state index is 0.204. The topological polar surface area (TPSA) is 26.0 Å². The summed E-state index contributed by atoms with van der Waals surface area (Å²) in [6.07, 6.45) is 0. The fraction of sp³-hybridized carbons (Fsp3) is 0.500. The summed E-state index contributed by atoms with van der Waals surface area (Å²) in [7, 11) is 0. The Bertz CT molecular complexity index is 324. The molecule has 78 valence electrons. The number of benzene rings is 1. The molecule has 2 N–H and O–H groups in total. The zero-order valence-electron chi connectivity index (χ0n) is 9.26. The van der Waals surface area contributed by atoms with Crippen molar-refractivity contribution >= 4 is 0 Å². The van der Waals surface area contributed by atoms with E-state index >= 15 is 0 Å². The molecule has 0 bridgehead atoms. The Balaban J connectivity index is 3.21. The van der Waals surface area contributed by atoms with Crippen molar-refractivity contribution in [1.29, 1.82) is 0 Å². The molecule has 0 aliphatic heterocycles. The summed E-state index contributed by atoms with van der Waals surface area (Å²) in [5.41, 5.74) is 7.29. The molecule has 0 aromatic heterocycles. The lowest BCUT2D eigenvalue weighted by molar-refractivity contribution is 0.541. The summed E-state index contributed by atoms with van der Waals surface area (Å²) in [5.74, 6) is 0.122. The second kappa shape index (κ2) is 3.70. The lowest BCUT2D eigenvalue weighted by Crippen LogP contribution is -2.28. The highest BCUT2D eigenvalue weighted by molar-refractivity contribution is 5.30. The van der Waals surface area contributed by atoms with E-state index in [4.69, 9.17) is 5.73 Å². The van der Waals surface area contributed by atoms with Crippen LogP contribution in [0.4, 0.5) is 4.39 Å². The standard InChI is InChI=1S/C12H18FN/c1-8(2)9-5-10(12(3,4)14)7-11(13)6-9/h5-8H,14H2,1-4H3. The first kappa shape index (κ1) is 11.2. The van der Waals surface area contributed by atoms with Gasteiger partial charge in [-0.15, -0.1) is 0 Å². The van der Waals surface area contributed by atoms with Crippen LogP contribution in [0.15, 0.2) is 18.2 Å². The Kier molecular flexibility index (Phi) is 2.95. The van der Waals surface area contributed by atoms with Crippen LogP contribution in [0.5, 0.6) is 0 Å². The van der Waals surface area contributed by atoms with Crippen molar-refractivity contribution in [3.63, 3.8) is 0 Å². The molecular formula is C12H18FN. The summed E-state index contributed by atoms with van der Waals surface area (Å²) in [6, 6.07) is 5.06. The maximum Gasteiger partial charge on any atom is 0.123 e. The fourth-order valence-corrected chi connectivity index (χ4v) is 1.32. The third-order valence-electron chi connectivity index (χ3n) is 2.33. The summed E-state index contributed by atoms with van der Waals surface area (Å²) in [5, 5.41) is 0. The molecule has 0 spiro atoms. The average molecular weight is 195 g/mol. The van der Waals surface area contributed by atoms with Crippen molar-refractivity contribution in [2.45, 2.75) is 39.2 Å². The van der Waals surface area contributed by atoms with E-state index in [0.29, 0.717) is 5.92 Å².